The Labute approximate surface area is 123 Å². The highest BCUT2D eigenvalue weighted by molar-refractivity contribution is 5.94. The van der Waals surface area contributed by atoms with E-state index >= 15 is 0 Å². The summed E-state index contributed by atoms with van der Waals surface area (Å²) in [4.78, 5) is 14.4. The Kier molecular flexibility index (Phi) is 6.73. The second kappa shape index (κ2) is 8.05. The molecule has 0 aromatic heterocycles. The Balaban J connectivity index is 2.80. The average Bonchev–Trinajstić information content (AvgIpc) is 2.40. The van der Waals surface area contributed by atoms with Gasteiger partial charge in [-0.25, -0.2) is 0 Å². The predicted molar refractivity (Wildman–Crippen MR) is 85.8 cm³/mol. The lowest BCUT2D eigenvalue weighted by Crippen LogP contribution is -2.34. The molecule has 1 aromatic carbocycles. The maximum Gasteiger partial charge on any atom is 0.227 e. The molecule has 3 nitrogen and oxygen atoms in total. The van der Waals surface area contributed by atoms with E-state index in [0.717, 1.165) is 17.7 Å². The number of aryl methyl sites for hydroxylation is 1. The maximum absolute atomic E-state index is 12.5. The van der Waals surface area contributed by atoms with E-state index in [9.17, 15) is 4.79 Å². The van der Waals surface area contributed by atoms with E-state index in [1.54, 1.807) is 0 Å². The van der Waals surface area contributed by atoms with Gasteiger partial charge in [-0.2, -0.15) is 0 Å². The molecule has 1 rings (SSSR count). The Hall–Kier alpha value is -1.35. The lowest BCUT2D eigenvalue weighted by atomic mass is 9.93. The zero-order chi connectivity index (χ0) is 15.1. The third kappa shape index (κ3) is 4.64. The number of nitrogens with two attached hydrogens (primary N) is 1. The number of hydrogen-bond donors (Lipinski definition) is 1. The van der Waals surface area contributed by atoms with Crippen LogP contribution in [0.1, 0.15) is 39.2 Å². The molecule has 0 fully saturated rings. The summed E-state index contributed by atoms with van der Waals surface area (Å²) in [6.45, 7) is 9.68. The number of anilines is 1. The molecule has 0 saturated heterocycles. The summed E-state index contributed by atoms with van der Waals surface area (Å²) in [5.74, 6) is 1.03. The standard InChI is InChI=1S/C17H28N2O/c1-5-19(16-9-7-6-8-14(16)4)17(20)11-15(12-18)10-13(2)3/h6-9,13,15H,5,10-12,18H2,1-4H3. The molecule has 3 heteroatoms. The molecule has 0 radical (unpaired) electrons. The number of para-hydroxylation sites is 1. The van der Waals surface area contributed by atoms with E-state index in [0.29, 0.717) is 25.4 Å². The topological polar surface area (TPSA) is 46.3 Å². The van der Waals surface area contributed by atoms with Gasteiger partial charge in [0.05, 0.1) is 0 Å². The fourth-order valence-corrected chi connectivity index (χ4v) is 2.63. The molecule has 0 aliphatic heterocycles. The molecule has 0 bridgehead atoms. The van der Waals surface area contributed by atoms with E-state index in [1.165, 1.54) is 0 Å². The fourth-order valence-electron chi connectivity index (χ4n) is 2.63. The van der Waals surface area contributed by atoms with E-state index in [1.807, 2.05) is 43.0 Å². The Morgan fingerprint density at radius 1 is 1.30 bits per heavy atom. The van der Waals surface area contributed by atoms with Crippen LogP contribution in [0, 0.1) is 18.8 Å². The minimum Gasteiger partial charge on any atom is -0.330 e. The first kappa shape index (κ1) is 16.7. The molecule has 20 heavy (non-hydrogen) atoms. The van der Waals surface area contributed by atoms with Crippen molar-refractivity contribution >= 4 is 11.6 Å². The molecule has 2 N–H and O–H groups in total. The minimum absolute atomic E-state index is 0.179. The van der Waals surface area contributed by atoms with Crippen molar-refractivity contribution in [2.24, 2.45) is 17.6 Å². The van der Waals surface area contributed by atoms with Gasteiger partial charge in [0.15, 0.2) is 0 Å². The van der Waals surface area contributed by atoms with Crippen molar-refractivity contribution in [3.63, 3.8) is 0 Å². The molecular weight excluding hydrogens is 248 g/mol. The summed E-state index contributed by atoms with van der Waals surface area (Å²) in [5.41, 5.74) is 7.96. The van der Waals surface area contributed by atoms with Crippen LogP contribution in [0.3, 0.4) is 0 Å². The molecule has 1 amide bonds. The highest BCUT2D eigenvalue weighted by atomic mass is 16.2. The summed E-state index contributed by atoms with van der Waals surface area (Å²) in [7, 11) is 0. The van der Waals surface area contributed by atoms with E-state index in [2.05, 4.69) is 13.8 Å². The lowest BCUT2D eigenvalue weighted by Gasteiger charge is -2.25. The first-order valence-corrected chi connectivity index (χ1v) is 7.55. The van der Waals surface area contributed by atoms with Crippen molar-refractivity contribution in [1.29, 1.82) is 0 Å². The molecule has 112 valence electrons. The zero-order valence-electron chi connectivity index (χ0n) is 13.2. The summed E-state index contributed by atoms with van der Waals surface area (Å²) in [6, 6.07) is 8.03. The third-order valence-corrected chi connectivity index (χ3v) is 3.62. The highest BCUT2D eigenvalue weighted by Gasteiger charge is 2.20. The molecule has 1 unspecified atom stereocenters. The number of carbonyl (C=O) groups is 1. The molecule has 1 atom stereocenters. The van der Waals surface area contributed by atoms with Crippen LogP contribution in [-0.2, 0) is 4.79 Å². The Morgan fingerprint density at radius 3 is 2.45 bits per heavy atom. The Bertz CT molecular complexity index is 429. The smallest absolute Gasteiger partial charge is 0.227 e. The van der Waals surface area contributed by atoms with Crippen LogP contribution in [0.4, 0.5) is 5.69 Å². The number of rotatable bonds is 7. The van der Waals surface area contributed by atoms with Crippen molar-refractivity contribution in [2.75, 3.05) is 18.0 Å². The number of hydrogen-bond acceptors (Lipinski definition) is 2. The second-order valence-electron chi connectivity index (χ2n) is 5.86. The Morgan fingerprint density at radius 2 is 1.95 bits per heavy atom. The van der Waals surface area contributed by atoms with Gasteiger partial charge in [0.25, 0.3) is 0 Å². The number of benzene rings is 1. The highest BCUT2D eigenvalue weighted by Crippen LogP contribution is 2.22. The normalized spacial score (nSPS) is 12.5. The van der Waals surface area contributed by atoms with Crippen LogP contribution in [0.25, 0.3) is 0 Å². The maximum atomic E-state index is 12.5. The monoisotopic (exact) mass is 276 g/mol. The van der Waals surface area contributed by atoms with Gasteiger partial charge in [-0.1, -0.05) is 32.0 Å². The van der Waals surface area contributed by atoms with E-state index in [4.69, 9.17) is 5.73 Å². The number of carbonyl (C=O) groups excluding carboxylic acids is 1. The molecule has 0 aliphatic rings. The summed E-state index contributed by atoms with van der Waals surface area (Å²) >= 11 is 0. The van der Waals surface area contributed by atoms with Crippen LogP contribution >= 0.6 is 0 Å². The average molecular weight is 276 g/mol. The van der Waals surface area contributed by atoms with Gasteiger partial charge >= 0.3 is 0 Å². The van der Waals surface area contributed by atoms with Crippen molar-refractivity contribution in [3.05, 3.63) is 29.8 Å². The molecule has 0 spiro atoms. The summed E-state index contributed by atoms with van der Waals surface area (Å²) in [5, 5.41) is 0. The largest absolute Gasteiger partial charge is 0.330 e. The van der Waals surface area contributed by atoms with Crippen molar-refractivity contribution in [3.8, 4) is 0 Å². The van der Waals surface area contributed by atoms with E-state index < -0.39 is 0 Å². The van der Waals surface area contributed by atoms with Crippen LogP contribution in [0.5, 0.6) is 0 Å². The number of amides is 1. The second-order valence-corrected chi connectivity index (χ2v) is 5.86. The van der Waals surface area contributed by atoms with Gasteiger partial charge in [0, 0.05) is 18.7 Å². The lowest BCUT2D eigenvalue weighted by molar-refractivity contribution is -0.119. The van der Waals surface area contributed by atoms with E-state index in [-0.39, 0.29) is 11.8 Å². The third-order valence-electron chi connectivity index (χ3n) is 3.62. The van der Waals surface area contributed by atoms with Crippen LogP contribution in [0.15, 0.2) is 24.3 Å². The molecule has 0 aliphatic carbocycles. The van der Waals surface area contributed by atoms with Gasteiger partial charge in [-0.15, -0.1) is 0 Å². The minimum atomic E-state index is 0.179. The van der Waals surface area contributed by atoms with Crippen LogP contribution in [-0.4, -0.2) is 19.0 Å². The van der Waals surface area contributed by atoms with Crippen LogP contribution < -0.4 is 10.6 Å². The molecular formula is C17H28N2O. The predicted octanol–water partition coefficient (Wildman–Crippen LogP) is 3.36. The quantitative estimate of drug-likeness (QED) is 0.830. The zero-order valence-corrected chi connectivity index (χ0v) is 13.2. The van der Waals surface area contributed by atoms with Crippen molar-refractivity contribution < 1.29 is 4.79 Å². The number of nitrogens with zero attached hydrogens (tertiary/aromatic N) is 1. The summed E-state index contributed by atoms with van der Waals surface area (Å²) < 4.78 is 0. The first-order valence-electron chi connectivity index (χ1n) is 7.55. The van der Waals surface area contributed by atoms with Crippen molar-refractivity contribution in [1.82, 2.24) is 0 Å². The van der Waals surface area contributed by atoms with Crippen LogP contribution in [0.2, 0.25) is 0 Å². The van der Waals surface area contributed by atoms with Gasteiger partial charge in [0.1, 0.15) is 0 Å². The molecule has 1 aromatic rings. The molecule has 0 heterocycles. The SMILES string of the molecule is CCN(C(=O)CC(CN)CC(C)C)c1ccccc1C. The fraction of sp³-hybridized carbons (Fsp3) is 0.588. The molecule has 0 saturated carbocycles. The first-order chi connectivity index (χ1) is 9.49. The van der Waals surface area contributed by atoms with Gasteiger partial charge in [0.2, 0.25) is 5.91 Å². The van der Waals surface area contributed by atoms with Gasteiger partial charge in [-0.3, -0.25) is 4.79 Å². The summed E-state index contributed by atoms with van der Waals surface area (Å²) in [6.07, 6.45) is 1.55. The van der Waals surface area contributed by atoms with Gasteiger partial charge in [-0.05, 0) is 50.3 Å². The van der Waals surface area contributed by atoms with Gasteiger partial charge < -0.3 is 10.6 Å². The van der Waals surface area contributed by atoms with Crippen molar-refractivity contribution in [2.45, 2.75) is 40.5 Å².